The van der Waals surface area contributed by atoms with Crippen LogP contribution in [-0.4, -0.2) is 28.4 Å². The van der Waals surface area contributed by atoms with E-state index in [1.807, 2.05) is 19.1 Å². The van der Waals surface area contributed by atoms with Crippen LogP contribution in [-0.2, 0) is 4.79 Å². The Labute approximate surface area is 107 Å². The van der Waals surface area contributed by atoms with Crippen molar-refractivity contribution >= 4 is 40.9 Å². The minimum atomic E-state index is -2.59. The number of benzene rings is 1. The first-order chi connectivity index (χ1) is 7.55. The van der Waals surface area contributed by atoms with Gasteiger partial charge in [-0.05, 0) is 0 Å². The van der Waals surface area contributed by atoms with Gasteiger partial charge in [-0.25, -0.2) is 0 Å². The number of carbonyl (C=O) groups excluding carboxylic acids is 1. The summed E-state index contributed by atoms with van der Waals surface area (Å²) in [7, 11) is 0. The molecule has 16 heavy (non-hydrogen) atoms. The quantitative estimate of drug-likeness (QED) is 0.485. The molecule has 0 saturated carbocycles. The number of nitrogens with two attached hydrogens (primary N) is 1. The first-order valence-corrected chi connectivity index (χ1v) is 14.4. The summed E-state index contributed by atoms with van der Waals surface area (Å²) in [6, 6.07) is 8.27. The van der Waals surface area contributed by atoms with Crippen LogP contribution in [0.3, 0.4) is 0 Å². The second kappa shape index (κ2) is 6.07. The van der Waals surface area contributed by atoms with Crippen LogP contribution in [0.2, 0.25) is 9.38 Å². The second-order valence-corrected chi connectivity index (χ2v) is 19.1. The zero-order chi connectivity index (χ0) is 12.2. The van der Waals surface area contributed by atoms with Gasteiger partial charge in [0.05, 0.1) is 0 Å². The Morgan fingerprint density at radius 3 is 2.62 bits per heavy atom. The van der Waals surface area contributed by atoms with Gasteiger partial charge in [-0.1, -0.05) is 0 Å². The van der Waals surface area contributed by atoms with Gasteiger partial charge in [-0.2, -0.15) is 0 Å². The molecule has 0 aliphatic heterocycles. The van der Waals surface area contributed by atoms with Gasteiger partial charge in [0.25, 0.3) is 0 Å². The van der Waals surface area contributed by atoms with Crippen molar-refractivity contribution in [1.29, 1.82) is 0 Å². The van der Waals surface area contributed by atoms with Gasteiger partial charge in [0.1, 0.15) is 0 Å². The van der Waals surface area contributed by atoms with Crippen molar-refractivity contribution in [1.82, 2.24) is 0 Å². The zero-order valence-corrected chi connectivity index (χ0v) is 13.6. The van der Waals surface area contributed by atoms with E-state index >= 15 is 0 Å². The van der Waals surface area contributed by atoms with Gasteiger partial charge in [-0.3, -0.25) is 0 Å². The van der Waals surface area contributed by atoms with Gasteiger partial charge in [0.2, 0.25) is 0 Å². The molecular weight excluding hydrogens is 325 g/mol. The molecule has 0 fully saturated rings. The van der Waals surface area contributed by atoms with Crippen molar-refractivity contribution in [3.63, 3.8) is 0 Å². The number of carbonyl (C=O) groups is 1. The fraction of sp³-hybridized carbons (Fsp3) is 0.417. The fourth-order valence-corrected chi connectivity index (χ4v) is 10.7. The Kier molecular flexibility index (Phi) is 5.34. The van der Waals surface area contributed by atoms with Crippen molar-refractivity contribution in [3.05, 3.63) is 29.8 Å². The average molecular weight is 344 g/mol. The summed E-state index contributed by atoms with van der Waals surface area (Å²) in [6.45, 7) is 1.99. The molecule has 88 valence electrons. The number of aldehydes is 1. The van der Waals surface area contributed by atoms with Crippen LogP contribution < -0.4 is 9.31 Å². The predicted molar refractivity (Wildman–Crippen MR) is 75.0 cm³/mol. The third-order valence-corrected chi connectivity index (χ3v) is 17.7. The molecule has 0 bridgehead atoms. The molecule has 0 radical (unpaired) electrons. The molecule has 4 heteroatoms. The van der Waals surface area contributed by atoms with Gasteiger partial charge in [0.15, 0.2) is 0 Å². The van der Waals surface area contributed by atoms with Crippen LogP contribution in [0.25, 0.3) is 0 Å². The maximum atomic E-state index is 10.8. The van der Waals surface area contributed by atoms with Crippen LogP contribution >= 0.6 is 12.6 Å². The normalized spacial score (nSPS) is 16.5. The summed E-state index contributed by atoms with van der Waals surface area (Å²) < 4.78 is 2.87. The maximum absolute atomic E-state index is 10.8. The first-order valence-electron chi connectivity index (χ1n) is 5.44. The molecular formula is C12H19NOSSn. The van der Waals surface area contributed by atoms with Gasteiger partial charge >= 0.3 is 107 Å². The van der Waals surface area contributed by atoms with Crippen LogP contribution in [0.1, 0.15) is 18.5 Å². The van der Waals surface area contributed by atoms with E-state index in [1.54, 1.807) is 0 Å². The SMILES string of the molecule is CC(N)c1cccc[c]1[Sn]([CH3])([CH2]S)[CH2]C=O. The van der Waals surface area contributed by atoms with Crippen LogP contribution in [0.5, 0.6) is 0 Å². The first kappa shape index (κ1) is 14.1. The van der Waals surface area contributed by atoms with Crippen LogP contribution in [0.4, 0.5) is 0 Å². The number of rotatable bonds is 5. The minimum absolute atomic E-state index is 0.0266. The average Bonchev–Trinajstić information content (AvgIpc) is 2.29. The number of hydrogen-bond acceptors (Lipinski definition) is 3. The molecule has 2 atom stereocenters. The molecule has 0 spiro atoms. The second-order valence-electron chi connectivity index (χ2n) is 4.47. The van der Waals surface area contributed by atoms with Crippen molar-refractivity contribution in [2.24, 2.45) is 5.73 Å². The van der Waals surface area contributed by atoms with E-state index in [0.717, 1.165) is 10.1 Å². The molecule has 0 aromatic heterocycles. The summed E-state index contributed by atoms with van der Waals surface area (Å²) in [5, 5.41) is 0. The van der Waals surface area contributed by atoms with E-state index in [4.69, 9.17) is 5.73 Å². The molecule has 2 N–H and O–H groups in total. The van der Waals surface area contributed by atoms with Crippen molar-refractivity contribution in [2.75, 3.05) is 3.77 Å². The molecule has 0 saturated heterocycles. The Hall–Kier alpha value is -0.00130. The van der Waals surface area contributed by atoms with E-state index in [9.17, 15) is 4.79 Å². The third-order valence-electron chi connectivity index (χ3n) is 2.98. The molecule has 0 heterocycles. The molecule has 1 aromatic carbocycles. The van der Waals surface area contributed by atoms with Crippen LogP contribution in [0, 0.1) is 0 Å². The van der Waals surface area contributed by atoms with E-state index in [-0.39, 0.29) is 6.04 Å². The summed E-state index contributed by atoms with van der Waals surface area (Å²) in [4.78, 5) is 13.1. The van der Waals surface area contributed by atoms with E-state index in [2.05, 4.69) is 29.7 Å². The fourth-order valence-electron chi connectivity index (χ4n) is 1.89. The van der Waals surface area contributed by atoms with Crippen molar-refractivity contribution < 1.29 is 4.79 Å². The Bertz CT molecular complexity index is 370. The van der Waals surface area contributed by atoms with Crippen molar-refractivity contribution in [3.8, 4) is 0 Å². The Morgan fingerprint density at radius 2 is 2.12 bits per heavy atom. The third kappa shape index (κ3) is 3.02. The topological polar surface area (TPSA) is 43.1 Å². The molecule has 1 rings (SSSR count). The Balaban J connectivity index is 3.23. The summed E-state index contributed by atoms with van der Waals surface area (Å²) in [5.41, 5.74) is 7.17. The zero-order valence-electron chi connectivity index (χ0n) is 9.81. The molecule has 2 unspecified atom stereocenters. The summed E-state index contributed by atoms with van der Waals surface area (Å²) >= 11 is 1.86. The molecule has 0 aliphatic rings. The van der Waals surface area contributed by atoms with E-state index in [1.165, 1.54) is 9.14 Å². The Morgan fingerprint density at radius 1 is 1.50 bits per heavy atom. The van der Waals surface area contributed by atoms with Gasteiger partial charge < -0.3 is 0 Å². The van der Waals surface area contributed by atoms with Crippen LogP contribution in [0.15, 0.2) is 24.3 Å². The molecule has 2 nitrogen and oxygen atoms in total. The molecule has 1 aromatic rings. The van der Waals surface area contributed by atoms with E-state index in [0.29, 0.717) is 4.44 Å². The summed E-state index contributed by atoms with van der Waals surface area (Å²) in [6.07, 6.45) is 1.05. The standard InChI is InChI=1S/C8H10N.C2H3O.CH3S.CH3.Sn/c1-7(9)8-5-3-2-4-6-8;1-2-3;1-2;;/h2-5,7H,9H2,1H3;2H,1H2;2H,1H2;1H3;. The van der Waals surface area contributed by atoms with Gasteiger partial charge in [-0.15, -0.1) is 0 Å². The summed E-state index contributed by atoms with van der Waals surface area (Å²) in [5.74, 6) is 0. The monoisotopic (exact) mass is 345 g/mol. The molecule has 0 aliphatic carbocycles. The number of hydrogen-bond donors (Lipinski definition) is 2. The predicted octanol–water partition coefficient (Wildman–Crippen LogP) is 1.66. The molecule has 0 amide bonds. The number of thiol groups is 1. The van der Waals surface area contributed by atoms with Gasteiger partial charge in [0, 0.05) is 0 Å². The van der Waals surface area contributed by atoms with E-state index < -0.39 is 18.4 Å². The van der Waals surface area contributed by atoms with Crippen molar-refractivity contribution in [2.45, 2.75) is 22.3 Å².